The highest BCUT2D eigenvalue weighted by Crippen LogP contribution is 2.37. The first-order valence-electron chi connectivity index (χ1n) is 5.53. The summed E-state index contributed by atoms with van der Waals surface area (Å²) in [6.07, 6.45) is -3.27. The van der Waals surface area contributed by atoms with Crippen LogP contribution in [0, 0.1) is 0 Å². The molecule has 0 atom stereocenters. The van der Waals surface area contributed by atoms with E-state index >= 15 is 0 Å². The van der Waals surface area contributed by atoms with Gasteiger partial charge in [0.05, 0.1) is 12.0 Å². The van der Waals surface area contributed by atoms with Gasteiger partial charge in [-0.15, -0.1) is 11.3 Å². The lowest BCUT2D eigenvalue weighted by Gasteiger charge is -2.04. The maximum atomic E-state index is 12.9. The van der Waals surface area contributed by atoms with Crippen molar-refractivity contribution < 1.29 is 17.9 Å². The van der Waals surface area contributed by atoms with E-state index in [-0.39, 0.29) is 22.3 Å². The van der Waals surface area contributed by atoms with Crippen molar-refractivity contribution in [2.24, 2.45) is 0 Å². The van der Waals surface area contributed by atoms with E-state index in [0.717, 1.165) is 11.3 Å². The Labute approximate surface area is 116 Å². The number of hydrogen-bond acceptors (Lipinski definition) is 6. The van der Waals surface area contributed by atoms with E-state index in [9.17, 15) is 13.2 Å². The standard InChI is InChI=1S/C11H11F3N4OS/c1-15-4-7-9(11(12,13)14)18-10(20-7)6-3-8(19-2)17-5-16-6/h3,5,15H,4H2,1-2H3. The van der Waals surface area contributed by atoms with E-state index in [0.29, 0.717) is 5.69 Å². The predicted octanol–water partition coefficient (Wildman–Crippen LogP) is 2.35. The summed E-state index contributed by atoms with van der Waals surface area (Å²) in [4.78, 5) is 11.5. The minimum atomic E-state index is -4.49. The third kappa shape index (κ3) is 3.05. The molecule has 2 heterocycles. The molecule has 2 aromatic heterocycles. The van der Waals surface area contributed by atoms with Gasteiger partial charge < -0.3 is 10.1 Å². The van der Waals surface area contributed by atoms with Crippen molar-refractivity contribution in [3.63, 3.8) is 0 Å². The van der Waals surface area contributed by atoms with E-state index < -0.39 is 11.9 Å². The van der Waals surface area contributed by atoms with Gasteiger partial charge in [0.1, 0.15) is 17.0 Å². The van der Waals surface area contributed by atoms with Crippen molar-refractivity contribution in [2.45, 2.75) is 12.7 Å². The molecule has 0 amide bonds. The van der Waals surface area contributed by atoms with E-state index in [1.807, 2.05) is 0 Å². The van der Waals surface area contributed by atoms with Gasteiger partial charge in [0, 0.05) is 12.6 Å². The second kappa shape index (κ2) is 5.71. The molecular weight excluding hydrogens is 293 g/mol. The van der Waals surface area contributed by atoms with Gasteiger partial charge in [-0.25, -0.2) is 15.0 Å². The third-order valence-corrected chi connectivity index (χ3v) is 3.45. The highest BCUT2D eigenvalue weighted by molar-refractivity contribution is 7.15. The fourth-order valence-corrected chi connectivity index (χ4v) is 2.59. The fourth-order valence-electron chi connectivity index (χ4n) is 1.53. The van der Waals surface area contributed by atoms with Gasteiger partial charge in [0.25, 0.3) is 0 Å². The molecule has 0 aromatic carbocycles. The minimum Gasteiger partial charge on any atom is -0.481 e. The Bertz CT molecular complexity index is 600. The van der Waals surface area contributed by atoms with Crippen molar-refractivity contribution in [1.29, 1.82) is 0 Å². The normalized spacial score (nSPS) is 11.7. The second-order valence-corrected chi connectivity index (χ2v) is 4.85. The molecule has 108 valence electrons. The molecule has 20 heavy (non-hydrogen) atoms. The molecule has 9 heteroatoms. The second-order valence-electron chi connectivity index (χ2n) is 3.76. The number of aromatic nitrogens is 3. The minimum absolute atomic E-state index is 0.0920. The summed E-state index contributed by atoms with van der Waals surface area (Å²) in [7, 11) is 2.99. The van der Waals surface area contributed by atoms with Crippen LogP contribution in [0.25, 0.3) is 10.7 Å². The molecule has 0 radical (unpaired) electrons. The molecule has 0 fully saturated rings. The van der Waals surface area contributed by atoms with Gasteiger partial charge in [0.15, 0.2) is 5.69 Å². The van der Waals surface area contributed by atoms with Crippen LogP contribution < -0.4 is 10.1 Å². The molecule has 0 aliphatic carbocycles. The van der Waals surface area contributed by atoms with E-state index in [1.165, 1.54) is 19.5 Å². The molecule has 0 saturated carbocycles. The smallest absolute Gasteiger partial charge is 0.434 e. The summed E-state index contributed by atoms with van der Waals surface area (Å²) in [5, 5.41) is 2.88. The number of hydrogen-bond donors (Lipinski definition) is 1. The summed E-state index contributed by atoms with van der Waals surface area (Å²) in [5.74, 6) is 0.272. The molecule has 0 unspecified atom stereocenters. The number of thiazole rings is 1. The number of ether oxygens (including phenoxy) is 1. The molecule has 0 bridgehead atoms. The summed E-state index contributed by atoms with van der Waals surface area (Å²) in [6, 6.07) is 1.45. The zero-order chi connectivity index (χ0) is 14.8. The maximum absolute atomic E-state index is 12.9. The quantitative estimate of drug-likeness (QED) is 0.939. The van der Waals surface area contributed by atoms with Crippen LogP contribution in [0.2, 0.25) is 0 Å². The first-order valence-corrected chi connectivity index (χ1v) is 6.35. The van der Waals surface area contributed by atoms with Crippen LogP contribution in [0.3, 0.4) is 0 Å². The zero-order valence-electron chi connectivity index (χ0n) is 10.7. The molecule has 2 rings (SSSR count). The van der Waals surface area contributed by atoms with Gasteiger partial charge in [0.2, 0.25) is 5.88 Å². The van der Waals surface area contributed by atoms with Crippen molar-refractivity contribution in [3.8, 4) is 16.6 Å². The fraction of sp³-hybridized carbons (Fsp3) is 0.364. The van der Waals surface area contributed by atoms with Crippen LogP contribution in [-0.2, 0) is 12.7 Å². The number of alkyl halides is 3. The lowest BCUT2D eigenvalue weighted by atomic mass is 10.3. The van der Waals surface area contributed by atoms with Crippen molar-refractivity contribution in [1.82, 2.24) is 20.3 Å². The van der Waals surface area contributed by atoms with E-state index in [1.54, 1.807) is 7.05 Å². The summed E-state index contributed by atoms with van der Waals surface area (Å²) < 4.78 is 43.6. The Kier molecular flexibility index (Phi) is 4.19. The average Bonchev–Trinajstić information content (AvgIpc) is 2.83. The summed E-state index contributed by atoms with van der Waals surface area (Å²) >= 11 is 0.944. The van der Waals surface area contributed by atoms with Crippen molar-refractivity contribution in [2.75, 3.05) is 14.2 Å². The van der Waals surface area contributed by atoms with Gasteiger partial charge >= 0.3 is 6.18 Å². The largest absolute Gasteiger partial charge is 0.481 e. The predicted molar refractivity (Wildman–Crippen MR) is 67.5 cm³/mol. The SMILES string of the molecule is CNCc1sc(-c2cc(OC)ncn2)nc1C(F)(F)F. The van der Waals surface area contributed by atoms with Gasteiger partial charge in [-0.1, -0.05) is 0 Å². The first kappa shape index (κ1) is 14.7. The van der Waals surface area contributed by atoms with Crippen LogP contribution in [0.5, 0.6) is 5.88 Å². The number of halogens is 3. The van der Waals surface area contributed by atoms with Crippen LogP contribution in [0.15, 0.2) is 12.4 Å². The van der Waals surface area contributed by atoms with E-state index in [4.69, 9.17) is 4.74 Å². The molecule has 0 spiro atoms. The van der Waals surface area contributed by atoms with Gasteiger partial charge in [-0.2, -0.15) is 13.2 Å². The molecule has 5 nitrogen and oxygen atoms in total. The molecular formula is C11H11F3N4OS. The maximum Gasteiger partial charge on any atom is 0.434 e. The molecule has 2 aromatic rings. The summed E-state index contributed by atoms with van der Waals surface area (Å²) in [6.45, 7) is 0.0920. The highest BCUT2D eigenvalue weighted by atomic mass is 32.1. The number of methoxy groups -OCH3 is 1. The molecule has 0 aliphatic heterocycles. The van der Waals surface area contributed by atoms with Crippen molar-refractivity contribution >= 4 is 11.3 Å². The lowest BCUT2D eigenvalue weighted by Crippen LogP contribution is -2.12. The van der Waals surface area contributed by atoms with E-state index in [2.05, 4.69) is 20.3 Å². The zero-order valence-corrected chi connectivity index (χ0v) is 11.5. The Morgan fingerprint density at radius 3 is 2.70 bits per heavy atom. The summed E-state index contributed by atoms with van der Waals surface area (Å²) in [5.41, 5.74) is -0.584. The van der Waals surface area contributed by atoms with Gasteiger partial charge in [-0.3, -0.25) is 0 Å². The van der Waals surface area contributed by atoms with Crippen LogP contribution in [0.1, 0.15) is 10.6 Å². The van der Waals surface area contributed by atoms with Crippen molar-refractivity contribution in [3.05, 3.63) is 23.0 Å². The number of nitrogens with zero attached hydrogens (tertiary/aromatic N) is 3. The van der Waals surface area contributed by atoms with Crippen LogP contribution >= 0.6 is 11.3 Å². The Morgan fingerprint density at radius 2 is 2.10 bits per heavy atom. The van der Waals surface area contributed by atoms with Gasteiger partial charge in [-0.05, 0) is 7.05 Å². The number of nitrogens with one attached hydrogen (secondary N) is 1. The average molecular weight is 304 g/mol. The topological polar surface area (TPSA) is 59.9 Å². The first-order chi connectivity index (χ1) is 9.45. The lowest BCUT2D eigenvalue weighted by molar-refractivity contribution is -0.141. The van der Waals surface area contributed by atoms with Crippen LogP contribution in [-0.4, -0.2) is 29.1 Å². The molecule has 0 saturated heterocycles. The number of rotatable bonds is 4. The highest BCUT2D eigenvalue weighted by Gasteiger charge is 2.37. The Hall–Kier alpha value is -1.74. The van der Waals surface area contributed by atoms with Crippen LogP contribution in [0.4, 0.5) is 13.2 Å². The monoisotopic (exact) mass is 304 g/mol. The Balaban J connectivity index is 2.47. The molecule has 0 aliphatic rings. The third-order valence-electron chi connectivity index (χ3n) is 2.37. The molecule has 1 N–H and O–H groups in total. The Morgan fingerprint density at radius 1 is 1.35 bits per heavy atom.